The van der Waals surface area contributed by atoms with Crippen LogP contribution in [0.3, 0.4) is 0 Å². The number of aromatic nitrogens is 2. The molecule has 2 N–H and O–H groups in total. The standard InChI is InChI=1S/C13H17N3O/c1-10-4-3-5-11(2)13(10)17-7-6-16-9-12(14)8-15-16/h3-5,8-9H,6-7,14H2,1-2H3. The first-order chi connectivity index (χ1) is 8.16. The molecule has 0 unspecified atom stereocenters. The average molecular weight is 231 g/mol. The summed E-state index contributed by atoms with van der Waals surface area (Å²) >= 11 is 0. The summed E-state index contributed by atoms with van der Waals surface area (Å²) in [6.45, 7) is 5.39. The van der Waals surface area contributed by atoms with Crippen LogP contribution in [0, 0.1) is 13.8 Å². The van der Waals surface area contributed by atoms with E-state index in [4.69, 9.17) is 10.5 Å². The van der Waals surface area contributed by atoms with E-state index in [1.807, 2.05) is 32.0 Å². The minimum atomic E-state index is 0.590. The zero-order valence-corrected chi connectivity index (χ0v) is 10.2. The van der Waals surface area contributed by atoms with Gasteiger partial charge in [0.05, 0.1) is 18.4 Å². The SMILES string of the molecule is Cc1cccc(C)c1OCCn1cc(N)cn1. The van der Waals surface area contributed by atoms with Gasteiger partial charge in [0.15, 0.2) is 0 Å². The van der Waals surface area contributed by atoms with Gasteiger partial charge < -0.3 is 10.5 Å². The topological polar surface area (TPSA) is 53.1 Å². The molecule has 90 valence electrons. The van der Waals surface area contributed by atoms with E-state index in [0.29, 0.717) is 18.8 Å². The zero-order chi connectivity index (χ0) is 12.3. The Labute approximate surface area is 101 Å². The largest absolute Gasteiger partial charge is 0.491 e. The molecule has 0 saturated carbocycles. The van der Waals surface area contributed by atoms with E-state index in [1.165, 1.54) is 0 Å². The minimum Gasteiger partial charge on any atom is -0.491 e. The van der Waals surface area contributed by atoms with Gasteiger partial charge in [-0.05, 0) is 25.0 Å². The summed E-state index contributed by atoms with van der Waals surface area (Å²) in [4.78, 5) is 0. The lowest BCUT2D eigenvalue weighted by molar-refractivity contribution is 0.288. The van der Waals surface area contributed by atoms with E-state index in [9.17, 15) is 0 Å². The Kier molecular flexibility index (Phi) is 3.32. The van der Waals surface area contributed by atoms with Crippen LogP contribution in [0.25, 0.3) is 0 Å². The molecule has 0 amide bonds. The highest BCUT2D eigenvalue weighted by Gasteiger charge is 2.03. The van der Waals surface area contributed by atoms with Gasteiger partial charge in [-0.25, -0.2) is 0 Å². The van der Waals surface area contributed by atoms with E-state index in [2.05, 4.69) is 5.10 Å². The maximum Gasteiger partial charge on any atom is 0.125 e. The van der Waals surface area contributed by atoms with Gasteiger partial charge >= 0.3 is 0 Å². The predicted molar refractivity (Wildman–Crippen MR) is 68.1 cm³/mol. The van der Waals surface area contributed by atoms with Crippen LogP contribution < -0.4 is 10.5 Å². The summed E-state index contributed by atoms with van der Waals surface area (Å²) in [5.74, 6) is 0.965. The number of nitrogen functional groups attached to an aromatic ring is 1. The number of nitrogens with zero attached hydrogens (tertiary/aromatic N) is 2. The van der Waals surface area contributed by atoms with Crippen LogP contribution in [0.4, 0.5) is 5.69 Å². The summed E-state index contributed by atoms with van der Waals surface area (Å²) < 4.78 is 7.56. The molecular weight excluding hydrogens is 214 g/mol. The van der Waals surface area contributed by atoms with E-state index in [1.54, 1.807) is 17.1 Å². The molecule has 2 rings (SSSR count). The van der Waals surface area contributed by atoms with Crippen molar-refractivity contribution in [2.45, 2.75) is 20.4 Å². The first kappa shape index (κ1) is 11.5. The highest BCUT2D eigenvalue weighted by Crippen LogP contribution is 2.22. The number of rotatable bonds is 4. The fourth-order valence-electron chi connectivity index (χ4n) is 1.77. The van der Waals surface area contributed by atoms with Crippen LogP contribution >= 0.6 is 0 Å². The van der Waals surface area contributed by atoms with Crippen LogP contribution in [0.5, 0.6) is 5.75 Å². The molecule has 1 aromatic heterocycles. The number of anilines is 1. The Balaban J connectivity index is 1.94. The molecule has 1 heterocycles. The van der Waals surface area contributed by atoms with Crippen molar-refractivity contribution < 1.29 is 4.74 Å². The second-order valence-corrected chi connectivity index (χ2v) is 4.11. The quantitative estimate of drug-likeness (QED) is 0.877. The predicted octanol–water partition coefficient (Wildman–Crippen LogP) is 2.16. The summed E-state index contributed by atoms with van der Waals surface area (Å²) in [5.41, 5.74) is 8.58. The molecule has 0 saturated heterocycles. The highest BCUT2D eigenvalue weighted by molar-refractivity contribution is 5.39. The minimum absolute atomic E-state index is 0.590. The van der Waals surface area contributed by atoms with E-state index in [-0.39, 0.29) is 0 Å². The van der Waals surface area contributed by atoms with Crippen molar-refractivity contribution in [1.82, 2.24) is 9.78 Å². The van der Waals surface area contributed by atoms with Gasteiger partial charge in [-0.1, -0.05) is 18.2 Å². The van der Waals surface area contributed by atoms with Crippen molar-refractivity contribution in [2.24, 2.45) is 0 Å². The fraction of sp³-hybridized carbons (Fsp3) is 0.308. The van der Waals surface area contributed by atoms with E-state index < -0.39 is 0 Å². The van der Waals surface area contributed by atoms with Gasteiger partial charge in [0.25, 0.3) is 0 Å². The van der Waals surface area contributed by atoms with Crippen molar-refractivity contribution in [3.63, 3.8) is 0 Å². The second-order valence-electron chi connectivity index (χ2n) is 4.11. The van der Waals surface area contributed by atoms with Crippen molar-refractivity contribution in [2.75, 3.05) is 12.3 Å². The van der Waals surface area contributed by atoms with E-state index in [0.717, 1.165) is 16.9 Å². The molecule has 0 aliphatic heterocycles. The lowest BCUT2D eigenvalue weighted by Crippen LogP contribution is -2.09. The number of para-hydroxylation sites is 1. The molecule has 2 aromatic rings. The smallest absolute Gasteiger partial charge is 0.125 e. The molecule has 0 spiro atoms. The van der Waals surface area contributed by atoms with Crippen LogP contribution in [0.2, 0.25) is 0 Å². The van der Waals surface area contributed by atoms with Gasteiger partial charge in [-0.2, -0.15) is 5.10 Å². The molecule has 1 aromatic carbocycles. The Bertz CT molecular complexity index is 485. The third-order valence-electron chi connectivity index (χ3n) is 2.63. The molecule has 0 bridgehead atoms. The lowest BCUT2D eigenvalue weighted by Gasteiger charge is -2.11. The van der Waals surface area contributed by atoms with Gasteiger partial charge in [0.1, 0.15) is 12.4 Å². The molecule has 0 aliphatic rings. The first-order valence-electron chi connectivity index (χ1n) is 5.64. The van der Waals surface area contributed by atoms with Crippen LogP contribution in [-0.4, -0.2) is 16.4 Å². The molecule has 0 aliphatic carbocycles. The Hall–Kier alpha value is -1.97. The molecule has 4 heteroatoms. The maximum absolute atomic E-state index is 5.78. The lowest BCUT2D eigenvalue weighted by atomic mass is 10.1. The summed E-state index contributed by atoms with van der Waals surface area (Å²) in [7, 11) is 0. The number of benzene rings is 1. The van der Waals surface area contributed by atoms with Crippen molar-refractivity contribution in [1.29, 1.82) is 0 Å². The number of aryl methyl sites for hydroxylation is 2. The van der Waals surface area contributed by atoms with Gasteiger partial charge in [-0.15, -0.1) is 0 Å². The third kappa shape index (κ3) is 2.78. The maximum atomic E-state index is 5.78. The average Bonchev–Trinajstić information content (AvgIpc) is 2.69. The van der Waals surface area contributed by atoms with Crippen LogP contribution in [0.15, 0.2) is 30.6 Å². The summed E-state index contributed by atoms with van der Waals surface area (Å²) in [5, 5.41) is 4.10. The molecule has 0 radical (unpaired) electrons. The summed E-state index contributed by atoms with van der Waals surface area (Å²) in [6, 6.07) is 6.13. The first-order valence-corrected chi connectivity index (χ1v) is 5.64. The Morgan fingerprint density at radius 3 is 2.59 bits per heavy atom. The van der Waals surface area contributed by atoms with Crippen molar-refractivity contribution in [3.8, 4) is 5.75 Å². The molecular formula is C13H17N3O. The number of hydrogen-bond donors (Lipinski definition) is 1. The van der Waals surface area contributed by atoms with Gasteiger partial charge in [-0.3, -0.25) is 4.68 Å². The van der Waals surface area contributed by atoms with Crippen LogP contribution in [0.1, 0.15) is 11.1 Å². The van der Waals surface area contributed by atoms with Gasteiger partial charge in [0.2, 0.25) is 0 Å². The number of ether oxygens (including phenoxy) is 1. The van der Waals surface area contributed by atoms with Crippen LogP contribution in [-0.2, 0) is 6.54 Å². The number of hydrogen-bond acceptors (Lipinski definition) is 3. The molecule has 0 fully saturated rings. The van der Waals surface area contributed by atoms with Crippen molar-refractivity contribution >= 4 is 5.69 Å². The Morgan fingerprint density at radius 2 is 2.00 bits per heavy atom. The molecule has 0 atom stereocenters. The second kappa shape index (κ2) is 4.91. The highest BCUT2D eigenvalue weighted by atomic mass is 16.5. The third-order valence-corrected chi connectivity index (χ3v) is 2.63. The molecule has 17 heavy (non-hydrogen) atoms. The fourth-order valence-corrected chi connectivity index (χ4v) is 1.77. The normalized spacial score (nSPS) is 10.5. The monoisotopic (exact) mass is 231 g/mol. The number of nitrogens with two attached hydrogens (primary N) is 1. The Morgan fingerprint density at radius 1 is 1.29 bits per heavy atom. The van der Waals surface area contributed by atoms with Crippen molar-refractivity contribution in [3.05, 3.63) is 41.7 Å². The van der Waals surface area contributed by atoms with E-state index >= 15 is 0 Å². The summed E-state index contributed by atoms with van der Waals surface area (Å²) in [6.07, 6.45) is 3.44. The zero-order valence-electron chi connectivity index (χ0n) is 10.2. The van der Waals surface area contributed by atoms with Gasteiger partial charge in [0, 0.05) is 6.20 Å². The molecule has 4 nitrogen and oxygen atoms in total.